The van der Waals surface area contributed by atoms with Crippen LogP contribution in [0.25, 0.3) is 0 Å². The van der Waals surface area contributed by atoms with E-state index in [4.69, 9.17) is 0 Å². The third kappa shape index (κ3) is 1.93. The van der Waals surface area contributed by atoms with Gasteiger partial charge in [-0.25, -0.2) is 0 Å². The van der Waals surface area contributed by atoms with E-state index in [1.54, 1.807) is 5.57 Å². The zero-order valence-electron chi connectivity index (χ0n) is 14.8. The van der Waals surface area contributed by atoms with E-state index >= 15 is 0 Å². The van der Waals surface area contributed by atoms with Crippen LogP contribution in [0.4, 0.5) is 0 Å². The Hall–Kier alpha value is -0.300. The topological polar surface area (TPSA) is 20.2 Å². The third-order valence-electron chi connectivity index (χ3n) is 8.83. The molecule has 1 nitrogen and oxygen atoms in total. The number of rotatable bonds is 0. The van der Waals surface area contributed by atoms with Gasteiger partial charge >= 0.3 is 0 Å². The molecule has 124 valence electrons. The quantitative estimate of drug-likeness (QED) is 0.599. The minimum absolute atomic E-state index is 0.00964. The zero-order valence-corrected chi connectivity index (χ0v) is 14.8. The predicted molar refractivity (Wildman–Crippen MR) is 91.5 cm³/mol. The molecule has 1 heteroatoms. The van der Waals surface area contributed by atoms with Crippen LogP contribution in [-0.4, -0.2) is 11.2 Å². The van der Waals surface area contributed by atoms with Crippen molar-refractivity contribution in [1.29, 1.82) is 0 Å². The monoisotopic (exact) mass is 302 g/mol. The largest absolute Gasteiger partial charge is 0.393 e. The lowest BCUT2D eigenvalue weighted by Gasteiger charge is -2.60. The van der Waals surface area contributed by atoms with Gasteiger partial charge in [0.1, 0.15) is 0 Å². The summed E-state index contributed by atoms with van der Waals surface area (Å²) in [6.45, 7) is 7.43. The zero-order chi connectivity index (χ0) is 15.5. The average molecular weight is 303 g/mol. The summed E-state index contributed by atoms with van der Waals surface area (Å²) in [5.74, 6) is 3.65. The van der Waals surface area contributed by atoms with E-state index in [1.807, 2.05) is 0 Å². The maximum atomic E-state index is 10.1. The molecule has 0 amide bonds. The van der Waals surface area contributed by atoms with Gasteiger partial charge in [0, 0.05) is 0 Å². The first-order chi connectivity index (χ1) is 10.5. The van der Waals surface area contributed by atoms with Crippen LogP contribution < -0.4 is 0 Å². The first-order valence-electron chi connectivity index (χ1n) is 9.83. The summed E-state index contributed by atoms with van der Waals surface area (Å²) in [6, 6.07) is 0. The van der Waals surface area contributed by atoms with Crippen molar-refractivity contribution >= 4 is 0 Å². The molecule has 4 saturated carbocycles. The maximum absolute atomic E-state index is 10.1. The van der Waals surface area contributed by atoms with Gasteiger partial charge in [0.2, 0.25) is 0 Å². The molecule has 0 saturated heterocycles. The van der Waals surface area contributed by atoms with Crippen molar-refractivity contribution in [2.24, 2.45) is 34.5 Å². The van der Waals surface area contributed by atoms with E-state index in [2.05, 4.69) is 26.8 Å². The summed E-state index contributed by atoms with van der Waals surface area (Å²) in [5.41, 5.74) is 2.82. The van der Waals surface area contributed by atoms with Crippen LogP contribution in [0, 0.1) is 34.5 Å². The molecule has 4 rings (SSSR count). The fourth-order valence-electron chi connectivity index (χ4n) is 7.56. The number of allylic oxidation sites excluding steroid dienone is 2. The van der Waals surface area contributed by atoms with E-state index in [9.17, 15) is 5.11 Å². The Morgan fingerprint density at radius 3 is 2.59 bits per heavy atom. The molecule has 1 N–H and O–H groups in total. The maximum Gasteiger partial charge on any atom is 0.0543 e. The molecule has 0 bridgehead atoms. The molecule has 0 unspecified atom stereocenters. The highest BCUT2D eigenvalue weighted by atomic mass is 16.3. The molecule has 4 aliphatic rings. The van der Waals surface area contributed by atoms with E-state index < -0.39 is 0 Å². The third-order valence-corrected chi connectivity index (χ3v) is 8.83. The van der Waals surface area contributed by atoms with Crippen LogP contribution in [0.2, 0.25) is 0 Å². The van der Waals surface area contributed by atoms with Crippen LogP contribution >= 0.6 is 0 Å². The Morgan fingerprint density at radius 2 is 1.82 bits per heavy atom. The summed E-state index contributed by atoms with van der Waals surface area (Å²) in [4.78, 5) is 0. The Balaban J connectivity index is 1.63. The van der Waals surface area contributed by atoms with Crippen LogP contribution in [0.3, 0.4) is 0 Å². The summed E-state index contributed by atoms with van der Waals surface area (Å²) < 4.78 is 0. The van der Waals surface area contributed by atoms with E-state index in [-0.39, 0.29) is 6.10 Å². The molecule has 4 fully saturated rings. The molecule has 0 aromatic carbocycles. The first kappa shape index (κ1) is 15.2. The van der Waals surface area contributed by atoms with Crippen LogP contribution in [-0.2, 0) is 0 Å². The Morgan fingerprint density at radius 1 is 1.00 bits per heavy atom. The molecule has 0 aromatic heterocycles. The van der Waals surface area contributed by atoms with E-state index in [1.165, 1.54) is 44.9 Å². The lowest BCUT2D eigenvalue weighted by molar-refractivity contribution is -0.116. The standard InChI is InChI=1S/C21H34O/c1-4-14-6-8-18-17-7-5-15-13-16(22)9-11-21(15,3)19(17)10-12-20(14,18)2/h4,15-19,22H,5-13H2,1-3H3/b14-4-/t15-,16+,17-,18+,19-,20+,21-/m0/s1. The molecule has 7 atom stereocenters. The van der Waals surface area contributed by atoms with Gasteiger partial charge in [-0.2, -0.15) is 0 Å². The highest BCUT2D eigenvalue weighted by Gasteiger charge is 2.58. The second-order valence-corrected chi connectivity index (χ2v) is 9.39. The number of fused-ring (bicyclic) bond motifs is 5. The normalized spacial score (nSPS) is 56.4. The number of hydrogen-bond donors (Lipinski definition) is 1. The Bertz CT molecular complexity index is 480. The summed E-state index contributed by atoms with van der Waals surface area (Å²) in [5, 5.41) is 10.1. The number of aliphatic hydroxyl groups excluding tert-OH is 1. The Labute approximate surface area is 136 Å². The van der Waals surface area contributed by atoms with Gasteiger partial charge in [-0.3, -0.25) is 0 Å². The lowest BCUT2D eigenvalue weighted by atomic mass is 9.45. The van der Waals surface area contributed by atoms with Crippen LogP contribution in [0.1, 0.15) is 78.6 Å². The second-order valence-electron chi connectivity index (χ2n) is 9.39. The van der Waals surface area contributed by atoms with Crippen molar-refractivity contribution in [2.75, 3.05) is 0 Å². The molecular weight excluding hydrogens is 268 g/mol. The summed E-state index contributed by atoms with van der Waals surface area (Å²) >= 11 is 0. The van der Waals surface area contributed by atoms with Crippen molar-refractivity contribution < 1.29 is 5.11 Å². The number of hydrogen-bond acceptors (Lipinski definition) is 1. The Kier molecular flexibility index (Phi) is 3.53. The van der Waals surface area contributed by atoms with E-state index in [0.717, 1.165) is 36.5 Å². The molecule has 0 spiro atoms. The van der Waals surface area contributed by atoms with Gasteiger partial charge < -0.3 is 5.11 Å². The summed E-state index contributed by atoms with van der Waals surface area (Å²) in [7, 11) is 0. The fraction of sp³-hybridized carbons (Fsp3) is 0.905. The molecule has 0 heterocycles. The van der Waals surface area contributed by atoms with Gasteiger partial charge in [-0.1, -0.05) is 25.5 Å². The molecule has 0 aromatic rings. The van der Waals surface area contributed by atoms with Gasteiger partial charge in [0.25, 0.3) is 0 Å². The highest BCUT2D eigenvalue weighted by Crippen LogP contribution is 2.67. The molecule has 4 aliphatic carbocycles. The van der Waals surface area contributed by atoms with Crippen LogP contribution in [0.15, 0.2) is 11.6 Å². The summed E-state index contributed by atoms with van der Waals surface area (Å²) in [6.07, 6.45) is 14.3. The van der Waals surface area contributed by atoms with Gasteiger partial charge in [0.05, 0.1) is 6.10 Å². The number of aliphatic hydroxyl groups is 1. The smallest absolute Gasteiger partial charge is 0.0543 e. The SMILES string of the molecule is C/C=C1/CC[C@@H]2[C@@H]3CC[C@H]4C[C@H](O)CC[C@]4(C)[C@H]3CC[C@]12C. The minimum Gasteiger partial charge on any atom is -0.393 e. The van der Waals surface area contributed by atoms with Crippen molar-refractivity contribution in [3.05, 3.63) is 11.6 Å². The van der Waals surface area contributed by atoms with Crippen molar-refractivity contribution in [3.63, 3.8) is 0 Å². The first-order valence-corrected chi connectivity index (χ1v) is 9.83. The average Bonchev–Trinajstić information content (AvgIpc) is 2.84. The second kappa shape index (κ2) is 5.10. The highest BCUT2D eigenvalue weighted by molar-refractivity contribution is 5.23. The minimum atomic E-state index is -0.00964. The van der Waals surface area contributed by atoms with Gasteiger partial charge in [0.15, 0.2) is 0 Å². The van der Waals surface area contributed by atoms with Crippen molar-refractivity contribution in [1.82, 2.24) is 0 Å². The molecular formula is C21H34O. The fourth-order valence-corrected chi connectivity index (χ4v) is 7.56. The predicted octanol–water partition coefficient (Wildman–Crippen LogP) is 5.34. The van der Waals surface area contributed by atoms with E-state index in [0.29, 0.717) is 10.8 Å². The lowest BCUT2D eigenvalue weighted by Crippen LogP contribution is -2.53. The van der Waals surface area contributed by atoms with Gasteiger partial charge in [-0.15, -0.1) is 0 Å². The van der Waals surface area contributed by atoms with Crippen LogP contribution in [0.5, 0.6) is 0 Å². The van der Waals surface area contributed by atoms with Crippen molar-refractivity contribution in [3.8, 4) is 0 Å². The van der Waals surface area contributed by atoms with Gasteiger partial charge in [-0.05, 0) is 99.2 Å². The molecule has 0 radical (unpaired) electrons. The molecule has 0 aliphatic heterocycles. The molecule has 22 heavy (non-hydrogen) atoms. The van der Waals surface area contributed by atoms with Crippen molar-refractivity contribution in [2.45, 2.75) is 84.7 Å².